The van der Waals surface area contributed by atoms with E-state index in [4.69, 9.17) is 18.6 Å². The number of esters is 2. The summed E-state index contributed by atoms with van der Waals surface area (Å²) < 4.78 is 22.7. The number of fused-ring (bicyclic) bond motifs is 3. The van der Waals surface area contributed by atoms with E-state index in [0.29, 0.717) is 22.3 Å². The molecule has 28 heavy (non-hydrogen) atoms. The van der Waals surface area contributed by atoms with Crippen LogP contribution in [0, 0.1) is 0 Å². The first-order valence-electron chi connectivity index (χ1n) is 8.91. The monoisotopic (exact) mass is 386 g/mol. The predicted octanol–water partition coefficient (Wildman–Crippen LogP) is 3.45. The molecule has 0 bridgehead atoms. The summed E-state index contributed by atoms with van der Waals surface area (Å²) in [4.78, 5) is 36.1. The standard InChI is InChI=1S/C21H22O7/c1-6-11(2)20(24)27-19-18(25-12(3)22)16-14(28-21(19,4)5)9-7-13-8-10-15(23)26-17(13)16/h6-10,18-19H,1-5H3/b11-6-/t18-,19+/m0/s1. The molecule has 2 atom stereocenters. The van der Waals surface area contributed by atoms with Crippen molar-refractivity contribution in [1.29, 1.82) is 0 Å². The molecule has 1 aliphatic heterocycles. The van der Waals surface area contributed by atoms with Gasteiger partial charge in [0, 0.05) is 23.9 Å². The van der Waals surface area contributed by atoms with Crippen LogP contribution < -0.4 is 10.4 Å². The molecule has 0 amide bonds. The highest BCUT2D eigenvalue weighted by atomic mass is 16.6. The number of hydrogen-bond donors (Lipinski definition) is 0. The smallest absolute Gasteiger partial charge is 0.336 e. The molecule has 2 heterocycles. The first-order valence-corrected chi connectivity index (χ1v) is 8.91. The summed E-state index contributed by atoms with van der Waals surface area (Å²) >= 11 is 0. The van der Waals surface area contributed by atoms with Crippen molar-refractivity contribution in [2.24, 2.45) is 0 Å². The van der Waals surface area contributed by atoms with E-state index in [1.54, 1.807) is 52.0 Å². The molecule has 0 spiro atoms. The van der Waals surface area contributed by atoms with Gasteiger partial charge in [0.1, 0.15) is 16.9 Å². The zero-order valence-electron chi connectivity index (χ0n) is 16.4. The molecule has 0 saturated heterocycles. The van der Waals surface area contributed by atoms with Crippen molar-refractivity contribution < 1.29 is 28.2 Å². The van der Waals surface area contributed by atoms with Crippen LogP contribution in [-0.2, 0) is 19.1 Å². The van der Waals surface area contributed by atoms with E-state index in [0.717, 1.165) is 0 Å². The van der Waals surface area contributed by atoms with Gasteiger partial charge in [-0.1, -0.05) is 6.08 Å². The Morgan fingerprint density at radius 1 is 1.11 bits per heavy atom. The predicted molar refractivity (Wildman–Crippen MR) is 101 cm³/mol. The first-order chi connectivity index (χ1) is 13.1. The van der Waals surface area contributed by atoms with Crippen LogP contribution in [0.2, 0.25) is 0 Å². The fourth-order valence-electron chi connectivity index (χ4n) is 3.18. The average Bonchev–Trinajstić information content (AvgIpc) is 2.62. The second-order valence-corrected chi connectivity index (χ2v) is 7.18. The van der Waals surface area contributed by atoms with E-state index in [-0.39, 0.29) is 5.58 Å². The average molecular weight is 386 g/mol. The normalized spacial score (nSPS) is 20.8. The molecule has 1 aromatic heterocycles. The molecule has 0 fully saturated rings. The molecule has 0 aliphatic carbocycles. The molecule has 3 rings (SSSR count). The van der Waals surface area contributed by atoms with Gasteiger partial charge in [-0.15, -0.1) is 0 Å². The van der Waals surface area contributed by atoms with Crippen molar-refractivity contribution in [1.82, 2.24) is 0 Å². The fraction of sp³-hybridized carbons (Fsp3) is 0.381. The maximum Gasteiger partial charge on any atom is 0.336 e. The maximum atomic E-state index is 12.4. The lowest BCUT2D eigenvalue weighted by Gasteiger charge is -2.43. The number of benzene rings is 1. The van der Waals surface area contributed by atoms with Gasteiger partial charge in [-0.3, -0.25) is 4.79 Å². The molecule has 1 aromatic carbocycles. The van der Waals surface area contributed by atoms with Crippen LogP contribution in [0.25, 0.3) is 11.0 Å². The minimum atomic E-state index is -1.00. The number of carbonyl (C=O) groups excluding carboxylic acids is 2. The number of ether oxygens (including phenoxy) is 3. The van der Waals surface area contributed by atoms with Gasteiger partial charge in [0.15, 0.2) is 12.2 Å². The van der Waals surface area contributed by atoms with E-state index in [1.807, 2.05) is 0 Å². The Kier molecular flexibility index (Phi) is 5.02. The number of allylic oxidation sites excluding steroid dienone is 1. The lowest BCUT2D eigenvalue weighted by molar-refractivity contribution is -0.186. The van der Waals surface area contributed by atoms with Crippen LogP contribution in [0.5, 0.6) is 5.75 Å². The van der Waals surface area contributed by atoms with Crippen LogP contribution in [0.15, 0.2) is 45.1 Å². The maximum absolute atomic E-state index is 12.4. The Morgan fingerprint density at radius 3 is 2.43 bits per heavy atom. The zero-order chi connectivity index (χ0) is 20.6. The summed E-state index contributed by atoms with van der Waals surface area (Å²) in [5, 5.41) is 0.633. The third-order valence-corrected chi connectivity index (χ3v) is 4.69. The molecule has 7 heteroatoms. The van der Waals surface area contributed by atoms with Gasteiger partial charge in [-0.05, 0) is 45.9 Å². The topological polar surface area (TPSA) is 92.0 Å². The van der Waals surface area contributed by atoms with Crippen molar-refractivity contribution in [2.45, 2.75) is 52.4 Å². The van der Waals surface area contributed by atoms with E-state index >= 15 is 0 Å². The Balaban J connectivity index is 2.22. The Bertz CT molecular complexity index is 1030. The van der Waals surface area contributed by atoms with Gasteiger partial charge in [0.25, 0.3) is 0 Å². The van der Waals surface area contributed by atoms with Crippen molar-refractivity contribution in [2.75, 3.05) is 0 Å². The largest absolute Gasteiger partial charge is 0.483 e. The third kappa shape index (κ3) is 3.52. The first kappa shape index (κ1) is 19.7. The highest BCUT2D eigenvalue weighted by Gasteiger charge is 2.50. The van der Waals surface area contributed by atoms with E-state index < -0.39 is 35.4 Å². The van der Waals surface area contributed by atoms with Crippen molar-refractivity contribution in [3.63, 3.8) is 0 Å². The van der Waals surface area contributed by atoms with Crippen LogP contribution >= 0.6 is 0 Å². The van der Waals surface area contributed by atoms with Gasteiger partial charge in [0.05, 0.1) is 5.56 Å². The fourth-order valence-corrected chi connectivity index (χ4v) is 3.18. The Morgan fingerprint density at radius 2 is 1.79 bits per heavy atom. The zero-order valence-corrected chi connectivity index (χ0v) is 16.4. The van der Waals surface area contributed by atoms with Gasteiger partial charge >= 0.3 is 17.6 Å². The number of carbonyl (C=O) groups is 2. The molecule has 0 unspecified atom stereocenters. The lowest BCUT2D eigenvalue weighted by atomic mass is 9.87. The van der Waals surface area contributed by atoms with Gasteiger partial charge in [-0.25, -0.2) is 9.59 Å². The summed E-state index contributed by atoms with van der Waals surface area (Å²) in [5.74, 6) is -0.715. The highest BCUT2D eigenvalue weighted by Crippen LogP contribution is 2.46. The number of rotatable bonds is 3. The quantitative estimate of drug-likeness (QED) is 0.453. The third-order valence-electron chi connectivity index (χ3n) is 4.69. The molecule has 0 N–H and O–H groups in total. The molecular formula is C21H22O7. The number of hydrogen-bond acceptors (Lipinski definition) is 7. The summed E-state index contributed by atoms with van der Waals surface area (Å²) in [6.07, 6.45) is -0.330. The second-order valence-electron chi connectivity index (χ2n) is 7.18. The Labute approximate surface area is 161 Å². The summed E-state index contributed by atoms with van der Waals surface area (Å²) in [6, 6.07) is 6.37. The van der Waals surface area contributed by atoms with Crippen LogP contribution in [-0.4, -0.2) is 23.6 Å². The minimum Gasteiger partial charge on any atom is -0.483 e. The summed E-state index contributed by atoms with van der Waals surface area (Å²) in [5.41, 5.74) is -0.547. The summed E-state index contributed by atoms with van der Waals surface area (Å²) in [6.45, 7) is 8.09. The van der Waals surface area contributed by atoms with Gasteiger partial charge < -0.3 is 18.6 Å². The Hall–Kier alpha value is -3.09. The van der Waals surface area contributed by atoms with E-state index in [9.17, 15) is 14.4 Å². The summed E-state index contributed by atoms with van der Waals surface area (Å²) in [7, 11) is 0. The van der Waals surface area contributed by atoms with Crippen molar-refractivity contribution in [3.05, 3.63) is 51.9 Å². The SMILES string of the molecule is C/C=C(/C)C(=O)O[C@@H]1[C@@H](OC(C)=O)c2c(ccc3ccc(=O)oc23)OC1(C)C. The van der Waals surface area contributed by atoms with E-state index in [2.05, 4.69) is 0 Å². The molecule has 7 nitrogen and oxygen atoms in total. The van der Waals surface area contributed by atoms with Crippen LogP contribution in [0.4, 0.5) is 0 Å². The van der Waals surface area contributed by atoms with Crippen LogP contribution in [0.1, 0.15) is 46.3 Å². The van der Waals surface area contributed by atoms with E-state index in [1.165, 1.54) is 13.0 Å². The minimum absolute atomic E-state index is 0.232. The lowest BCUT2D eigenvalue weighted by Crippen LogP contribution is -2.52. The van der Waals surface area contributed by atoms with Crippen molar-refractivity contribution in [3.8, 4) is 5.75 Å². The van der Waals surface area contributed by atoms with Crippen LogP contribution in [0.3, 0.4) is 0 Å². The molecule has 0 saturated carbocycles. The van der Waals surface area contributed by atoms with Gasteiger partial charge in [0.2, 0.25) is 0 Å². The van der Waals surface area contributed by atoms with Crippen molar-refractivity contribution >= 4 is 22.9 Å². The molecule has 2 aromatic rings. The molecule has 1 aliphatic rings. The second kappa shape index (κ2) is 7.14. The highest BCUT2D eigenvalue weighted by molar-refractivity contribution is 5.88. The molecule has 148 valence electrons. The molecular weight excluding hydrogens is 364 g/mol. The molecule has 0 radical (unpaired) electrons. The van der Waals surface area contributed by atoms with Gasteiger partial charge in [-0.2, -0.15) is 0 Å².